The highest BCUT2D eigenvalue weighted by Crippen LogP contribution is 2.20. The molecule has 2 aromatic carbocycles. The SMILES string of the molecule is CC(Oc1ccc(F)cc1)C(=O)NNC(=O)CCc1nc(-c2ccc(C(C)C)cc2)no1. The zero-order chi connectivity index (χ0) is 23.1. The number of aromatic nitrogens is 2. The van der Waals surface area contributed by atoms with E-state index in [4.69, 9.17) is 9.26 Å². The third kappa shape index (κ3) is 6.37. The van der Waals surface area contributed by atoms with E-state index in [0.717, 1.165) is 5.56 Å². The fourth-order valence-electron chi connectivity index (χ4n) is 2.78. The monoisotopic (exact) mass is 440 g/mol. The molecule has 0 bridgehead atoms. The van der Waals surface area contributed by atoms with Gasteiger partial charge in [-0.2, -0.15) is 4.98 Å². The van der Waals surface area contributed by atoms with Crippen LogP contribution in [0.3, 0.4) is 0 Å². The Morgan fingerprint density at radius 2 is 1.72 bits per heavy atom. The molecule has 1 aromatic heterocycles. The van der Waals surface area contributed by atoms with Crippen LogP contribution in [0.1, 0.15) is 44.6 Å². The highest BCUT2D eigenvalue weighted by molar-refractivity contribution is 5.84. The highest BCUT2D eigenvalue weighted by atomic mass is 19.1. The Bertz CT molecular complexity index is 1050. The number of ether oxygens (including phenoxy) is 1. The molecule has 0 spiro atoms. The molecule has 2 amide bonds. The van der Waals surface area contributed by atoms with Gasteiger partial charge in [0.1, 0.15) is 11.6 Å². The first-order valence-electron chi connectivity index (χ1n) is 10.3. The van der Waals surface area contributed by atoms with Crippen molar-refractivity contribution in [3.63, 3.8) is 0 Å². The molecule has 1 atom stereocenters. The summed E-state index contributed by atoms with van der Waals surface area (Å²) in [6.07, 6.45) is -0.622. The van der Waals surface area contributed by atoms with Gasteiger partial charge in [-0.1, -0.05) is 43.3 Å². The number of benzene rings is 2. The Labute approximate surface area is 185 Å². The van der Waals surface area contributed by atoms with Crippen LogP contribution >= 0.6 is 0 Å². The number of rotatable bonds is 8. The number of nitrogens with one attached hydrogen (secondary N) is 2. The largest absolute Gasteiger partial charge is 0.481 e. The Morgan fingerprint density at radius 3 is 2.38 bits per heavy atom. The highest BCUT2D eigenvalue weighted by Gasteiger charge is 2.16. The van der Waals surface area contributed by atoms with E-state index in [1.807, 2.05) is 24.3 Å². The summed E-state index contributed by atoms with van der Waals surface area (Å²) in [6, 6.07) is 13.2. The third-order valence-corrected chi connectivity index (χ3v) is 4.69. The lowest BCUT2D eigenvalue weighted by atomic mass is 10.0. The van der Waals surface area contributed by atoms with Crippen molar-refractivity contribution < 1.29 is 23.2 Å². The van der Waals surface area contributed by atoms with Crippen molar-refractivity contribution >= 4 is 11.8 Å². The van der Waals surface area contributed by atoms with Gasteiger partial charge in [-0.05, 0) is 42.7 Å². The van der Waals surface area contributed by atoms with Crippen LogP contribution in [-0.2, 0) is 16.0 Å². The molecule has 0 saturated carbocycles. The lowest BCUT2D eigenvalue weighted by Gasteiger charge is -2.15. The van der Waals surface area contributed by atoms with Crippen molar-refractivity contribution in [2.75, 3.05) is 0 Å². The minimum Gasteiger partial charge on any atom is -0.481 e. The topological polar surface area (TPSA) is 106 Å². The number of carbonyl (C=O) groups excluding carboxylic acids is 2. The summed E-state index contributed by atoms with van der Waals surface area (Å²) in [5, 5.41) is 3.95. The summed E-state index contributed by atoms with van der Waals surface area (Å²) in [4.78, 5) is 28.4. The zero-order valence-corrected chi connectivity index (χ0v) is 18.1. The number of halogens is 1. The summed E-state index contributed by atoms with van der Waals surface area (Å²) in [5.74, 6) is 0.172. The van der Waals surface area contributed by atoms with Crippen molar-refractivity contribution in [3.05, 3.63) is 65.8 Å². The summed E-state index contributed by atoms with van der Waals surface area (Å²) in [5.41, 5.74) is 6.65. The van der Waals surface area contributed by atoms with E-state index in [2.05, 4.69) is 34.8 Å². The number of hydrogen-bond acceptors (Lipinski definition) is 6. The number of hydrogen-bond donors (Lipinski definition) is 2. The summed E-state index contributed by atoms with van der Waals surface area (Å²) < 4.78 is 23.5. The van der Waals surface area contributed by atoms with Crippen LogP contribution < -0.4 is 15.6 Å². The summed E-state index contributed by atoms with van der Waals surface area (Å²) in [7, 11) is 0. The lowest BCUT2D eigenvalue weighted by molar-refractivity contribution is -0.132. The van der Waals surface area contributed by atoms with Gasteiger partial charge in [0.25, 0.3) is 5.91 Å². The summed E-state index contributed by atoms with van der Waals surface area (Å²) >= 11 is 0. The van der Waals surface area contributed by atoms with Crippen LogP contribution in [0.4, 0.5) is 4.39 Å². The summed E-state index contributed by atoms with van der Waals surface area (Å²) in [6.45, 7) is 5.75. The molecule has 3 rings (SSSR count). The van der Waals surface area contributed by atoms with Crippen LogP contribution in [0.5, 0.6) is 5.75 Å². The van der Waals surface area contributed by atoms with Crippen molar-refractivity contribution in [2.45, 2.75) is 45.6 Å². The van der Waals surface area contributed by atoms with Crippen LogP contribution in [-0.4, -0.2) is 28.1 Å². The molecule has 2 N–H and O–H groups in total. The first-order chi connectivity index (χ1) is 15.3. The minimum absolute atomic E-state index is 0.0431. The minimum atomic E-state index is -0.888. The van der Waals surface area contributed by atoms with Gasteiger partial charge in [0.05, 0.1) is 0 Å². The predicted molar refractivity (Wildman–Crippen MR) is 115 cm³/mol. The number of amides is 2. The van der Waals surface area contributed by atoms with Gasteiger partial charge >= 0.3 is 0 Å². The van der Waals surface area contributed by atoms with Crippen LogP contribution in [0.2, 0.25) is 0 Å². The molecule has 8 nitrogen and oxygen atoms in total. The van der Waals surface area contributed by atoms with E-state index < -0.39 is 23.7 Å². The molecule has 0 fully saturated rings. The maximum Gasteiger partial charge on any atom is 0.279 e. The quantitative estimate of drug-likeness (QED) is 0.519. The van der Waals surface area contributed by atoms with E-state index >= 15 is 0 Å². The first kappa shape index (κ1) is 22.9. The maximum absolute atomic E-state index is 12.9. The molecule has 3 aromatic rings. The Morgan fingerprint density at radius 1 is 1.03 bits per heavy atom. The number of hydrazine groups is 1. The second-order valence-electron chi connectivity index (χ2n) is 7.54. The Balaban J connectivity index is 1.43. The average molecular weight is 440 g/mol. The van der Waals surface area contributed by atoms with Crippen molar-refractivity contribution in [1.29, 1.82) is 0 Å². The van der Waals surface area contributed by atoms with Crippen molar-refractivity contribution in [3.8, 4) is 17.1 Å². The van der Waals surface area contributed by atoms with E-state index in [9.17, 15) is 14.0 Å². The van der Waals surface area contributed by atoms with Crippen molar-refractivity contribution in [2.24, 2.45) is 0 Å². The van der Waals surface area contributed by atoms with Crippen LogP contribution in [0.25, 0.3) is 11.4 Å². The van der Waals surface area contributed by atoms with Crippen LogP contribution in [0.15, 0.2) is 53.1 Å². The van der Waals surface area contributed by atoms with Gasteiger partial charge < -0.3 is 9.26 Å². The first-order valence-corrected chi connectivity index (χ1v) is 10.3. The molecule has 1 heterocycles. The molecule has 1 unspecified atom stereocenters. The van der Waals surface area contributed by atoms with Gasteiger partial charge in [0, 0.05) is 18.4 Å². The standard InChI is InChI=1S/C23H25FN4O4/c1-14(2)16-4-6-17(7-5-16)22-25-21(32-28-22)13-12-20(29)26-27-23(30)15(3)31-19-10-8-18(24)9-11-19/h4-11,14-15H,12-13H2,1-3H3,(H,26,29)(H,27,30). The van der Waals surface area contributed by atoms with E-state index in [1.165, 1.54) is 36.8 Å². The molecule has 0 aliphatic carbocycles. The molecule has 0 aliphatic rings. The van der Waals surface area contributed by atoms with Gasteiger partial charge in [-0.25, -0.2) is 4.39 Å². The second-order valence-corrected chi connectivity index (χ2v) is 7.54. The lowest BCUT2D eigenvalue weighted by Crippen LogP contribution is -2.47. The average Bonchev–Trinajstić information content (AvgIpc) is 3.26. The van der Waals surface area contributed by atoms with Crippen LogP contribution in [0, 0.1) is 5.82 Å². The smallest absolute Gasteiger partial charge is 0.279 e. The number of nitrogens with zero attached hydrogens (tertiary/aromatic N) is 2. The Hall–Kier alpha value is -3.75. The fourth-order valence-corrected chi connectivity index (χ4v) is 2.78. The molecule has 0 aliphatic heterocycles. The normalized spacial score (nSPS) is 11.8. The van der Waals surface area contributed by atoms with Crippen molar-refractivity contribution in [1.82, 2.24) is 21.0 Å². The third-order valence-electron chi connectivity index (χ3n) is 4.69. The molecular weight excluding hydrogens is 415 g/mol. The zero-order valence-electron chi connectivity index (χ0n) is 18.1. The predicted octanol–water partition coefficient (Wildman–Crippen LogP) is 3.55. The number of aryl methyl sites for hydroxylation is 1. The van der Waals surface area contributed by atoms with Gasteiger partial charge in [-0.15, -0.1) is 0 Å². The number of carbonyl (C=O) groups is 2. The van der Waals surface area contributed by atoms with Gasteiger partial charge in [0.2, 0.25) is 17.6 Å². The van der Waals surface area contributed by atoms with E-state index in [0.29, 0.717) is 23.4 Å². The molecule has 32 heavy (non-hydrogen) atoms. The second kappa shape index (κ2) is 10.5. The molecule has 9 heteroatoms. The van der Waals surface area contributed by atoms with Gasteiger partial charge in [-0.3, -0.25) is 20.4 Å². The molecule has 0 radical (unpaired) electrons. The molecule has 0 saturated heterocycles. The maximum atomic E-state index is 12.9. The van der Waals surface area contributed by atoms with E-state index in [-0.39, 0.29) is 12.8 Å². The Kier molecular flexibility index (Phi) is 7.54. The molecule has 168 valence electrons. The fraction of sp³-hybridized carbons (Fsp3) is 0.304. The van der Waals surface area contributed by atoms with E-state index in [1.54, 1.807) is 0 Å². The molecular formula is C23H25FN4O4. The van der Waals surface area contributed by atoms with Gasteiger partial charge in [0.15, 0.2) is 6.10 Å².